The van der Waals surface area contributed by atoms with Crippen molar-refractivity contribution in [3.63, 3.8) is 0 Å². The van der Waals surface area contributed by atoms with Crippen LogP contribution in [-0.4, -0.2) is 33.8 Å². The van der Waals surface area contributed by atoms with Crippen LogP contribution in [0.25, 0.3) is 4.96 Å². The minimum Gasteiger partial charge on any atom is -0.325 e. The van der Waals surface area contributed by atoms with E-state index in [4.69, 9.17) is 0 Å². The van der Waals surface area contributed by atoms with Gasteiger partial charge < -0.3 is 5.32 Å². The van der Waals surface area contributed by atoms with Crippen molar-refractivity contribution in [3.05, 3.63) is 63.0 Å². The van der Waals surface area contributed by atoms with Crippen molar-refractivity contribution in [2.24, 2.45) is 0 Å². The van der Waals surface area contributed by atoms with Crippen molar-refractivity contribution in [1.82, 2.24) is 14.3 Å². The fraction of sp³-hybridized carbons (Fsp3) is 0.278. The number of thiazole rings is 1. The van der Waals surface area contributed by atoms with Crippen molar-refractivity contribution in [2.45, 2.75) is 20.4 Å². The van der Waals surface area contributed by atoms with Gasteiger partial charge in [-0.2, -0.15) is 0 Å². The van der Waals surface area contributed by atoms with Crippen LogP contribution in [0.5, 0.6) is 0 Å². The second kappa shape index (κ2) is 7.16. The molecule has 0 spiro atoms. The van der Waals surface area contributed by atoms with Gasteiger partial charge in [-0.05, 0) is 38.1 Å². The lowest BCUT2D eigenvalue weighted by Crippen LogP contribution is -2.30. The molecule has 0 aliphatic carbocycles. The van der Waals surface area contributed by atoms with E-state index in [0.717, 1.165) is 16.8 Å². The number of nitrogens with one attached hydrogen (secondary N) is 1. The third kappa shape index (κ3) is 3.94. The molecule has 0 radical (unpaired) electrons. The number of aromatic nitrogens is 2. The molecule has 0 aliphatic rings. The van der Waals surface area contributed by atoms with E-state index in [9.17, 15) is 9.59 Å². The number of hydrogen-bond acceptors (Lipinski definition) is 5. The lowest BCUT2D eigenvalue weighted by atomic mass is 10.1. The van der Waals surface area contributed by atoms with Crippen LogP contribution in [0.15, 0.2) is 40.6 Å². The molecule has 2 heterocycles. The summed E-state index contributed by atoms with van der Waals surface area (Å²) in [5, 5.41) is 4.77. The van der Waals surface area contributed by atoms with Gasteiger partial charge in [0.25, 0.3) is 5.56 Å². The maximum atomic E-state index is 12.3. The van der Waals surface area contributed by atoms with Crippen molar-refractivity contribution in [1.29, 1.82) is 0 Å². The predicted octanol–water partition coefficient (Wildman–Crippen LogP) is 2.44. The first-order valence-corrected chi connectivity index (χ1v) is 8.82. The second-order valence-electron chi connectivity index (χ2n) is 6.11. The summed E-state index contributed by atoms with van der Waals surface area (Å²) in [5.74, 6) is -0.0925. The minimum atomic E-state index is -0.102. The second-order valence-corrected chi connectivity index (χ2v) is 6.98. The number of nitrogens with zero attached hydrogens (tertiary/aromatic N) is 3. The molecule has 0 aliphatic heterocycles. The molecule has 0 atom stereocenters. The minimum absolute atomic E-state index is 0.0925. The molecule has 0 saturated carbocycles. The van der Waals surface area contributed by atoms with E-state index in [2.05, 4.69) is 10.3 Å². The number of aryl methyl sites for hydroxylation is 1. The monoisotopic (exact) mass is 356 g/mol. The van der Waals surface area contributed by atoms with E-state index in [1.807, 2.05) is 49.4 Å². The Morgan fingerprint density at radius 1 is 1.36 bits per heavy atom. The number of rotatable bonds is 5. The van der Waals surface area contributed by atoms with Crippen LogP contribution >= 0.6 is 11.3 Å². The molecule has 2 aromatic heterocycles. The summed E-state index contributed by atoms with van der Waals surface area (Å²) in [5.41, 5.74) is 3.59. The summed E-state index contributed by atoms with van der Waals surface area (Å²) in [4.78, 5) is 31.2. The molecular formula is C18H20N4O2S. The quantitative estimate of drug-likeness (QED) is 0.762. The summed E-state index contributed by atoms with van der Waals surface area (Å²) in [6, 6.07) is 7.35. The van der Waals surface area contributed by atoms with E-state index >= 15 is 0 Å². The largest absolute Gasteiger partial charge is 0.325 e. The normalized spacial score (nSPS) is 11.2. The SMILES string of the molecule is Cc1cccc(NC(=O)CN(C)Cc2cc(=O)n3ccsc3n2)c1C. The van der Waals surface area contributed by atoms with Crippen LogP contribution in [0.2, 0.25) is 0 Å². The van der Waals surface area contributed by atoms with Crippen LogP contribution in [0.4, 0.5) is 5.69 Å². The molecular weight excluding hydrogens is 336 g/mol. The van der Waals surface area contributed by atoms with Gasteiger partial charge in [0, 0.05) is 29.9 Å². The Balaban J connectivity index is 1.65. The molecule has 0 saturated heterocycles. The Morgan fingerprint density at radius 3 is 2.96 bits per heavy atom. The lowest BCUT2D eigenvalue weighted by Gasteiger charge is -2.17. The standard InChI is InChI=1S/C18H20N4O2S/c1-12-5-4-6-15(13(12)2)20-16(23)11-21(3)10-14-9-17(24)22-7-8-25-18(22)19-14/h4-9H,10-11H2,1-3H3,(H,20,23). The number of hydrogen-bond donors (Lipinski definition) is 1. The zero-order valence-electron chi connectivity index (χ0n) is 14.4. The molecule has 0 unspecified atom stereocenters. The van der Waals surface area contributed by atoms with Crippen LogP contribution < -0.4 is 10.9 Å². The van der Waals surface area contributed by atoms with Crippen LogP contribution in [0.1, 0.15) is 16.8 Å². The number of amides is 1. The van der Waals surface area contributed by atoms with Gasteiger partial charge in [0.15, 0.2) is 4.96 Å². The van der Waals surface area contributed by atoms with Gasteiger partial charge in [0.1, 0.15) is 0 Å². The number of benzene rings is 1. The van der Waals surface area contributed by atoms with E-state index in [1.54, 1.807) is 6.20 Å². The Morgan fingerprint density at radius 2 is 2.16 bits per heavy atom. The molecule has 6 nitrogen and oxygen atoms in total. The molecule has 0 fully saturated rings. The highest BCUT2D eigenvalue weighted by molar-refractivity contribution is 7.15. The first-order valence-electron chi connectivity index (χ1n) is 7.94. The lowest BCUT2D eigenvalue weighted by molar-refractivity contribution is -0.117. The first kappa shape index (κ1) is 17.3. The molecule has 1 N–H and O–H groups in total. The fourth-order valence-corrected chi connectivity index (χ4v) is 3.36. The number of likely N-dealkylation sites (N-methyl/N-ethyl adjacent to an activating group) is 1. The predicted molar refractivity (Wildman–Crippen MR) is 100 cm³/mol. The fourth-order valence-electron chi connectivity index (χ4n) is 2.62. The summed E-state index contributed by atoms with van der Waals surface area (Å²) in [7, 11) is 1.83. The summed E-state index contributed by atoms with van der Waals surface area (Å²) < 4.78 is 1.52. The zero-order chi connectivity index (χ0) is 18.0. The average molecular weight is 356 g/mol. The topological polar surface area (TPSA) is 66.7 Å². The Hall–Kier alpha value is -2.51. The highest BCUT2D eigenvalue weighted by Gasteiger charge is 2.11. The number of fused-ring (bicyclic) bond motifs is 1. The van der Waals surface area contributed by atoms with Crippen molar-refractivity contribution in [3.8, 4) is 0 Å². The van der Waals surface area contributed by atoms with E-state index < -0.39 is 0 Å². The van der Waals surface area contributed by atoms with Crippen molar-refractivity contribution >= 4 is 27.9 Å². The molecule has 0 bridgehead atoms. The van der Waals surface area contributed by atoms with Gasteiger partial charge in [-0.1, -0.05) is 12.1 Å². The van der Waals surface area contributed by atoms with Gasteiger partial charge in [-0.15, -0.1) is 11.3 Å². The maximum Gasteiger partial charge on any atom is 0.258 e. The molecule has 1 aromatic carbocycles. The molecule has 3 rings (SSSR count). The summed E-state index contributed by atoms with van der Waals surface area (Å²) in [6.45, 7) is 4.66. The Labute approximate surface area is 149 Å². The Bertz CT molecular complexity index is 977. The Kier molecular flexibility index (Phi) is 4.96. The van der Waals surface area contributed by atoms with Crippen molar-refractivity contribution in [2.75, 3.05) is 18.9 Å². The van der Waals surface area contributed by atoms with Crippen LogP contribution in [-0.2, 0) is 11.3 Å². The molecule has 25 heavy (non-hydrogen) atoms. The number of anilines is 1. The maximum absolute atomic E-state index is 12.3. The molecule has 3 aromatic rings. The molecule has 7 heteroatoms. The highest BCUT2D eigenvalue weighted by Crippen LogP contribution is 2.17. The highest BCUT2D eigenvalue weighted by atomic mass is 32.1. The number of carbonyl (C=O) groups is 1. The van der Waals surface area contributed by atoms with Crippen molar-refractivity contribution < 1.29 is 4.79 Å². The zero-order valence-corrected chi connectivity index (χ0v) is 15.3. The third-order valence-electron chi connectivity index (χ3n) is 4.08. The summed E-state index contributed by atoms with van der Waals surface area (Å²) in [6.07, 6.45) is 1.71. The van der Waals surface area contributed by atoms with E-state index in [-0.39, 0.29) is 18.0 Å². The van der Waals surface area contributed by atoms with Gasteiger partial charge in [-0.3, -0.25) is 18.9 Å². The number of carbonyl (C=O) groups excluding carboxylic acids is 1. The first-order chi connectivity index (χ1) is 11.9. The third-order valence-corrected chi connectivity index (χ3v) is 4.84. The molecule has 1 amide bonds. The smallest absolute Gasteiger partial charge is 0.258 e. The van der Waals surface area contributed by atoms with E-state index in [0.29, 0.717) is 17.2 Å². The molecule has 130 valence electrons. The van der Waals surface area contributed by atoms with Gasteiger partial charge in [-0.25, -0.2) is 4.98 Å². The van der Waals surface area contributed by atoms with Crippen LogP contribution in [0, 0.1) is 13.8 Å². The van der Waals surface area contributed by atoms with Crippen LogP contribution in [0.3, 0.4) is 0 Å². The average Bonchev–Trinajstić information content (AvgIpc) is 3.00. The van der Waals surface area contributed by atoms with E-state index in [1.165, 1.54) is 21.8 Å². The van der Waals surface area contributed by atoms with Gasteiger partial charge in [0.2, 0.25) is 5.91 Å². The summed E-state index contributed by atoms with van der Waals surface area (Å²) >= 11 is 1.42. The van der Waals surface area contributed by atoms with Gasteiger partial charge >= 0.3 is 0 Å². The van der Waals surface area contributed by atoms with Gasteiger partial charge in [0.05, 0.1) is 12.2 Å².